The normalized spacial score (nSPS) is 15.2. The summed E-state index contributed by atoms with van der Waals surface area (Å²) in [6, 6.07) is 5.00. The molecule has 1 aromatic carbocycles. The summed E-state index contributed by atoms with van der Waals surface area (Å²) in [4.78, 5) is 23.0. The number of carbonyl (C=O) groups is 2. The van der Waals surface area contributed by atoms with Gasteiger partial charge in [-0.1, -0.05) is 45.6 Å². The molecule has 0 atom stereocenters. The first-order valence-corrected chi connectivity index (χ1v) is 7.31. The molecule has 4 N–H and O–H groups in total. The molecule has 0 spiro atoms. The van der Waals surface area contributed by atoms with Crippen LogP contribution >= 0.6 is 0 Å². The molecule has 4 heteroatoms. The number of rotatable bonds is 5. The quantitative estimate of drug-likeness (QED) is 0.873. The first-order valence-electron chi connectivity index (χ1n) is 7.31. The Morgan fingerprint density at radius 3 is 2.00 bits per heavy atom. The largest absolute Gasteiger partial charge is 0.366 e. The average Bonchev–Trinajstić information content (AvgIpc) is 2.45. The fraction of sp³-hybridized carbons (Fsp3) is 0.529. The van der Waals surface area contributed by atoms with E-state index in [1.165, 1.54) is 32.1 Å². The molecule has 2 rings (SSSR count). The van der Waals surface area contributed by atoms with E-state index in [2.05, 4.69) is 0 Å². The molecule has 1 fully saturated rings. The third-order valence-electron chi connectivity index (χ3n) is 4.23. The molecular weight excluding hydrogens is 264 g/mol. The molecule has 1 aliphatic rings. The van der Waals surface area contributed by atoms with E-state index < -0.39 is 11.8 Å². The Kier molecular flexibility index (Phi) is 6.40. The summed E-state index contributed by atoms with van der Waals surface area (Å²) in [5.74, 6) is -0.302. The Bertz CT molecular complexity index is 473. The molecule has 2 amide bonds. The van der Waals surface area contributed by atoms with Gasteiger partial charge in [0.05, 0.1) is 0 Å². The van der Waals surface area contributed by atoms with Crippen LogP contribution in [0.5, 0.6) is 0 Å². The van der Waals surface area contributed by atoms with Crippen LogP contribution in [0.4, 0.5) is 0 Å². The molecule has 0 bridgehead atoms. The highest BCUT2D eigenvalue weighted by Crippen LogP contribution is 2.28. The lowest BCUT2D eigenvalue weighted by atomic mass is 9.84. The van der Waals surface area contributed by atoms with Gasteiger partial charge in [0, 0.05) is 11.1 Å². The van der Waals surface area contributed by atoms with Crippen molar-refractivity contribution in [2.75, 3.05) is 0 Å². The maximum Gasteiger partial charge on any atom is 0.249 e. The summed E-state index contributed by atoms with van der Waals surface area (Å²) in [6.07, 6.45) is 8.05. The minimum absolute atomic E-state index is 0. The second-order valence-electron chi connectivity index (χ2n) is 5.60. The third-order valence-corrected chi connectivity index (χ3v) is 4.23. The van der Waals surface area contributed by atoms with Crippen LogP contribution in [0.2, 0.25) is 0 Å². The molecule has 0 unspecified atom stereocenters. The Hall–Kier alpha value is -1.84. The summed E-state index contributed by atoms with van der Waals surface area (Å²) in [5.41, 5.74) is 12.4. The summed E-state index contributed by atoms with van der Waals surface area (Å²) in [6.45, 7) is 0. The van der Waals surface area contributed by atoms with Crippen molar-refractivity contribution in [3.8, 4) is 0 Å². The molecule has 116 valence electrons. The van der Waals surface area contributed by atoms with Crippen molar-refractivity contribution in [1.82, 2.24) is 0 Å². The Labute approximate surface area is 126 Å². The molecule has 0 radical (unpaired) electrons. The Morgan fingerprint density at radius 1 is 1.00 bits per heavy atom. The number of hydrogen-bond acceptors (Lipinski definition) is 2. The number of benzene rings is 1. The summed E-state index contributed by atoms with van der Waals surface area (Å²) in [7, 11) is 0. The van der Waals surface area contributed by atoms with E-state index in [0.717, 1.165) is 12.0 Å². The van der Waals surface area contributed by atoms with Gasteiger partial charge in [-0.15, -0.1) is 0 Å². The fourth-order valence-corrected chi connectivity index (χ4v) is 3.14. The molecule has 21 heavy (non-hydrogen) atoms. The first kappa shape index (κ1) is 17.2. The molecular formula is C17H26N2O2. The summed E-state index contributed by atoms with van der Waals surface area (Å²) in [5, 5.41) is 0. The van der Waals surface area contributed by atoms with Crippen LogP contribution in [0.25, 0.3) is 0 Å². The zero-order valence-electron chi connectivity index (χ0n) is 11.7. The van der Waals surface area contributed by atoms with Gasteiger partial charge in [-0.05, 0) is 36.5 Å². The van der Waals surface area contributed by atoms with Crippen molar-refractivity contribution < 1.29 is 9.59 Å². The maximum absolute atomic E-state index is 11.5. The molecule has 1 aliphatic carbocycles. The minimum atomic E-state index is -0.494. The van der Waals surface area contributed by atoms with Crippen molar-refractivity contribution in [3.05, 3.63) is 34.9 Å². The van der Waals surface area contributed by atoms with Crippen LogP contribution in [0.15, 0.2) is 18.2 Å². The Balaban J connectivity index is 0.00000220. The van der Waals surface area contributed by atoms with Gasteiger partial charge in [-0.2, -0.15) is 0 Å². The smallest absolute Gasteiger partial charge is 0.249 e. The predicted octanol–water partition coefficient (Wildman–Crippen LogP) is 3.03. The van der Waals surface area contributed by atoms with E-state index >= 15 is 0 Å². The van der Waals surface area contributed by atoms with Crippen LogP contribution in [0.3, 0.4) is 0 Å². The SMILES string of the molecule is C.NC(=O)c1cccc(C(N)=O)c1CCC1CCCCC1. The van der Waals surface area contributed by atoms with Gasteiger partial charge in [-0.3, -0.25) is 9.59 Å². The molecule has 4 nitrogen and oxygen atoms in total. The number of primary amides is 2. The second kappa shape index (κ2) is 7.81. The Morgan fingerprint density at radius 2 is 1.52 bits per heavy atom. The standard InChI is InChI=1S/C16H22N2O2.CH4/c17-15(19)13-7-4-8-14(16(18)20)12(13)10-9-11-5-2-1-3-6-11;/h4,7-8,11H,1-3,5-6,9-10H2,(H2,17,19)(H2,18,20);1H4. The van der Waals surface area contributed by atoms with E-state index in [1.54, 1.807) is 18.2 Å². The average molecular weight is 290 g/mol. The zero-order valence-corrected chi connectivity index (χ0v) is 11.7. The van der Waals surface area contributed by atoms with E-state index in [9.17, 15) is 9.59 Å². The van der Waals surface area contributed by atoms with E-state index in [-0.39, 0.29) is 7.43 Å². The molecule has 0 aliphatic heterocycles. The van der Waals surface area contributed by atoms with Gasteiger partial charge in [0.25, 0.3) is 0 Å². The monoisotopic (exact) mass is 290 g/mol. The fourth-order valence-electron chi connectivity index (χ4n) is 3.14. The van der Waals surface area contributed by atoms with Crippen molar-refractivity contribution in [2.45, 2.75) is 52.4 Å². The van der Waals surface area contributed by atoms with Crippen LogP contribution in [-0.4, -0.2) is 11.8 Å². The van der Waals surface area contributed by atoms with Gasteiger partial charge in [0.2, 0.25) is 11.8 Å². The summed E-state index contributed by atoms with van der Waals surface area (Å²) >= 11 is 0. The van der Waals surface area contributed by atoms with Crippen LogP contribution < -0.4 is 11.5 Å². The molecule has 0 saturated heterocycles. The van der Waals surface area contributed by atoms with Crippen molar-refractivity contribution in [1.29, 1.82) is 0 Å². The van der Waals surface area contributed by atoms with Crippen LogP contribution in [0, 0.1) is 5.92 Å². The summed E-state index contributed by atoms with van der Waals surface area (Å²) < 4.78 is 0. The van der Waals surface area contributed by atoms with E-state index in [4.69, 9.17) is 11.5 Å². The highest BCUT2D eigenvalue weighted by atomic mass is 16.1. The lowest BCUT2D eigenvalue weighted by Gasteiger charge is -2.22. The predicted molar refractivity (Wildman–Crippen MR) is 85.1 cm³/mol. The second-order valence-corrected chi connectivity index (χ2v) is 5.60. The third kappa shape index (κ3) is 4.31. The first-order chi connectivity index (χ1) is 9.59. The van der Waals surface area contributed by atoms with Gasteiger partial charge in [0.15, 0.2) is 0 Å². The number of nitrogens with two attached hydrogens (primary N) is 2. The number of carbonyl (C=O) groups excluding carboxylic acids is 2. The topological polar surface area (TPSA) is 86.2 Å². The highest BCUT2D eigenvalue weighted by molar-refractivity contribution is 6.01. The van der Waals surface area contributed by atoms with Gasteiger partial charge >= 0.3 is 0 Å². The molecule has 0 heterocycles. The maximum atomic E-state index is 11.5. The lowest BCUT2D eigenvalue weighted by molar-refractivity contribution is 0.0999. The van der Waals surface area contributed by atoms with Crippen molar-refractivity contribution >= 4 is 11.8 Å². The highest BCUT2D eigenvalue weighted by Gasteiger charge is 2.18. The van der Waals surface area contributed by atoms with E-state index in [1.807, 2.05) is 0 Å². The number of hydrogen-bond donors (Lipinski definition) is 2. The van der Waals surface area contributed by atoms with Crippen LogP contribution in [-0.2, 0) is 6.42 Å². The lowest BCUT2D eigenvalue weighted by Crippen LogP contribution is -2.20. The molecule has 1 saturated carbocycles. The van der Waals surface area contributed by atoms with Crippen LogP contribution in [0.1, 0.15) is 72.2 Å². The van der Waals surface area contributed by atoms with Crippen molar-refractivity contribution in [3.63, 3.8) is 0 Å². The van der Waals surface area contributed by atoms with E-state index in [0.29, 0.717) is 23.5 Å². The minimum Gasteiger partial charge on any atom is -0.366 e. The molecule has 1 aromatic rings. The number of amides is 2. The van der Waals surface area contributed by atoms with Gasteiger partial charge in [0.1, 0.15) is 0 Å². The van der Waals surface area contributed by atoms with Gasteiger partial charge in [-0.25, -0.2) is 0 Å². The molecule has 0 aromatic heterocycles. The zero-order chi connectivity index (χ0) is 14.5. The van der Waals surface area contributed by atoms with Crippen molar-refractivity contribution in [2.24, 2.45) is 17.4 Å². The van der Waals surface area contributed by atoms with Gasteiger partial charge < -0.3 is 11.5 Å².